The van der Waals surface area contributed by atoms with Crippen LogP contribution in [-0.2, 0) is 9.84 Å². The summed E-state index contributed by atoms with van der Waals surface area (Å²) < 4.78 is 26.6. The van der Waals surface area contributed by atoms with Gasteiger partial charge in [0.05, 0.1) is 22.2 Å². The summed E-state index contributed by atoms with van der Waals surface area (Å²) in [6, 6.07) is 10.7. The van der Waals surface area contributed by atoms with Crippen molar-refractivity contribution in [1.82, 2.24) is 5.06 Å². The largest absolute Gasteiger partial charge is 0.504 e. The van der Waals surface area contributed by atoms with Gasteiger partial charge in [-0.1, -0.05) is 57.0 Å². The van der Waals surface area contributed by atoms with Crippen molar-refractivity contribution in [2.24, 2.45) is 0 Å². The Kier molecular flexibility index (Phi) is 5.70. The number of hydrogen-bond acceptors (Lipinski definition) is 6. The molecule has 0 saturated carbocycles. The van der Waals surface area contributed by atoms with Gasteiger partial charge in [0.2, 0.25) is 0 Å². The minimum atomic E-state index is -3.81. The number of phenols is 2. The predicted octanol–water partition coefficient (Wildman–Crippen LogP) is 4.00. The van der Waals surface area contributed by atoms with Gasteiger partial charge in [-0.3, -0.25) is 0 Å². The summed E-state index contributed by atoms with van der Waals surface area (Å²) in [5.41, 5.74) is -0.00170. The third-order valence-electron chi connectivity index (χ3n) is 5.69. The van der Waals surface area contributed by atoms with Crippen LogP contribution in [0.3, 0.4) is 0 Å². The SMILES string of the molecule is CCCC[C@]1(CC)CS(=O)(=O)c2cc(O)c(O)cc2C(c2ccccc2)N1O. The topological polar surface area (TPSA) is 98.1 Å². The van der Waals surface area contributed by atoms with E-state index in [1.165, 1.54) is 6.07 Å². The summed E-state index contributed by atoms with van der Waals surface area (Å²) in [6.45, 7) is 3.90. The Hall–Kier alpha value is -2.09. The van der Waals surface area contributed by atoms with Gasteiger partial charge in [-0.2, -0.15) is 5.06 Å². The summed E-state index contributed by atoms with van der Waals surface area (Å²) in [4.78, 5) is -0.0532. The molecule has 2 aromatic carbocycles. The number of unbranched alkanes of at least 4 members (excludes halogenated alkanes) is 1. The van der Waals surface area contributed by atoms with E-state index in [1.54, 1.807) is 0 Å². The van der Waals surface area contributed by atoms with E-state index < -0.39 is 32.9 Å². The number of sulfone groups is 1. The van der Waals surface area contributed by atoms with Gasteiger partial charge in [-0.05, 0) is 30.0 Å². The van der Waals surface area contributed by atoms with E-state index in [1.807, 2.05) is 44.2 Å². The third kappa shape index (κ3) is 3.50. The fraction of sp³-hybridized carbons (Fsp3) is 0.429. The molecule has 28 heavy (non-hydrogen) atoms. The van der Waals surface area contributed by atoms with Crippen molar-refractivity contribution in [2.75, 3.05) is 5.75 Å². The Labute approximate surface area is 165 Å². The first kappa shape index (κ1) is 20.6. The minimum absolute atomic E-state index is 0.0532. The minimum Gasteiger partial charge on any atom is -0.504 e. The fourth-order valence-electron chi connectivity index (χ4n) is 4.05. The highest BCUT2D eigenvalue weighted by Crippen LogP contribution is 2.46. The van der Waals surface area contributed by atoms with Gasteiger partial charge in [0.1, 0.15) is 0 Å². The second-order valence-electron chi connectivity index (χ2n) is 7.48. The van der Waals surface area contributed by atoms with Gasteiger partial charge in [0.15, 0.2) is 21.3 Å². The molecule has 0 bridgehead atoms. The number of benzene rings is 2. The van der Waals surface area contributed by atoms with E-state index in [-0.39, 0.29) is 16.2 Å². The van der Waals surface area contributed by atoms with Gasteiger partial charge >= 0.3 is 0 Å². The summed E-state index contributed by atoms with van der Waals surface area (Å²) >= 11 is 0. The third-order valence-corrected chi connectivity index (χ3v) is 7.64. The van der Waals surface area contributed by atoms with Crippen molar-refractivity contribution in [3.8, 4) is 11.5 Å². The molecule has 7 heteroatoms. The van der Waals surface area contributed by atoms with Crippen LogP contribution >= 0.6 is 0 Å². The molecule has 0 fully saturated rings. The first-order chi connectivity index (χ1) is 13.3. The van der Waals surface area contributed by atoms with E-state index in [2.05, 4.69) is 0 Å². The standard InChI is InChI=1S/C21H27NO5S/c1-3-5-11-21(4-2)14-28(26,27)19-13-18(24)17(23)12-16(19)20(22(21)25)15-9-7-6-8-10-15/h6-10,12-13,20,23-25H,3-5,11,14H2,1-2H3/t20?,21-/m1/s1. The highest BCUT2D eigenvalue weighted by atomic mass is 32.2. The van der Waals surface area contributed by atoms with Gasteiger partial charge in [0.25, 0.3) is 0 Å². The molecular weight excluding hydrogens is 378 g/mol. The molecule has 0 saturated heterocycles. The van der Waals surface area contributed by atoms with E-state index in [0.717, 1.165) is 24.0 Å². The maximum absolute atomic E-state index is 13.3. The zero-order chi connectivity index (χ0) is 20.5. The molecule has 3 rings (SSSR count). The summed E-state index contributed by atoms with van der Waals surface area (Å²) in [5, 5.41) is 32.6. The lowest BCUT2D eigenvalue weighted by Gasteiger charge is -2.42. The highest BCUT2D eigenvalue weighted by molar-refractivity contribution is 7.91. The zero-order valence-electron chi connectivity index (χ0n) is 16.2. The molecule has 0 aromatic heterocycles. The Bertz CT molecular complexity index is 945. The molecule has 2 aromatic rings. The van der Waals surface area contributed by atoms with Crippen LogP contribution in [0.2, 0.25) is 0 Å². The van der Waals surface area contributed by atoms with E-state index in [4.69, 9.17) is 0 Å². The predicted molar refractivity (Wildman–Crippen MR) is 106 cm³/mol. The van der Waals surface area contributed by atoms with Crippen LogP contribution in [0.4, 0.5) is 0 Å². The van der Waals surface area contributed by atoms with Gasteiger partial charge < -0.3 is 15.4 Å². The van der Waals surface area contributed by atoms with Gasteiger partial charge in [-0.15, -0.1) is 0 Å². The van der Waals surface area contributed by atoms with Crippen molar-refractivity contribution in [2.45, 2.75) is 56.0 Å². The molecule has 3 N–H and O–H groups in total. The molecule has 2 atom stereocenters. The molecular formula is C21H27NO5S. The Morgan fingerprint density at radius 1 is 1.11 bits per heavy atom. The smallest absolute Gasteiger partial charge is 0.180 e. The Morgan fingerprint density at radius 2 is 1.75 bits per heavy atom. The van der Waals surface area contributed by atoms with Crippen LogP contribution in [0.15, 0.2) is 47.4 Å². The van der Waals surface area contributed by atoms with Crippen LogP contribution in [-0.4, -0.2) is 40.2 Å². The van der Waals surface area contributed by atoms with E-state index in [9.17, 15) is 23.8 Å². The van der Waals surface area contributed by atoms with Crippen LogP contribution in [0.5, 0.6) is 11.5 Å². The number of rotatable bonds is 5. The molecule has 0 radical (unpaired) electrons. The number of hydrogen-bond donors (Lipinski definition) is 3. The van der Waals surface area contributed by atoms with E-state index >= 15 is 0 Å². The fourth-order valence-corrected chi connectivity index (χ4v) is 6.21. The Balaban J connectivity index is 2.32. The van der Waals surface area contributed by atoms with Crippen LogP contribution in [0.25, 0.3) is 0 Å². The summed E-state index contributed by atoms with van der Waals surface area (Å²) in [6.07, 6.45) is 2.61. The van der Waals surface area contributed by atoms with Crippen molar-refractivity contribution in [1.29, 1.82) is 0 Å². The monoisotopic (exact) mass is 405 g/mol. The molecule has 6 nitrogen and oxygen atoms in total. The molecule has 1 heterocycles. The first-order valence-electron chi connectivity index (χ1n) is 9.57. The molecule has 1 aliphatic heterocycles. The van der Waals surface area contributed by atoms with Gasteiger partial charge in [0, 0.05) is 6.07 Å². The van der Waals surface area contributed by atoms with Crippen molar-refractivity contribution >= 4 is 9.84 Å². The highest BCUT2D eigenvalue weighted by Gasteiger charge is 2.48. The molecule has 0 amide bonds. The zero-order valence-corrected chi connectivity index (χ0v) is 17.0. The van der Waals surface area contributed by atoms with E-state index in [0.29, 0.717) is 18.4 Å². The molecule has 1 aliphatic rings. The first-order valence-corrected chi connectivity index (χ1v) is 11.2. The van der Waals surface area contributed by atoms with Crippen LogP contribution in [0, 0.1) is 0 Å². The lowest BCUT2D eigenvalue weighted by atomic mass is 9.87. The maximum atomic E-state index is 13.3. The van der Waals surface area contributed by atoms with Gasteiger partial charge in [-0.25, -0.2) is 8.42 Å². The molecule has 152 valence electrons. The number of phenolic OH excluding ortho intramolecular Hbond substituents is 2. The lowest BCUT2D eigenvalue weighted by Crippen LogP contribution is -2.51. The average Bonchev–Trinajstić information content (AvgIpc) is 2.74. The average molecular weight is 406 g/mol. The summed E-state index contributed by atoms with van der Waals surface area (Å²) in [7, 11) is -3.81. The maximum Gasteiger partial charge on any atom is 0.180 e. The quantitative estimate of drug-likeness (QED) is 0.651. The molecule has 0 spiro atoms. The number of hydroxylamine groups is 2. The molecule has 1 unspecified atom stereocenters. The van der Waals surface area contributed by atoms with Crippen molar-refractivity contribution in [3.63, 3.8) is 0 Å². The number of aromatic hydroxyl groups is 2. The Morgan fingerprint density at radius 3 is 2.36 bits per heavy atom. The number of nitrogens with zero attached hydrogens (tertiary/aromatic N) is 1. The molecule has 0 aliphatic carbocycles. The van der Waals surface area contributed by atoms with Crippen molar-refractivity contribution < 1.29 is 23.8 Å². The van der Waals surface area contributed by atoms with Crippen LogP contribution < -0.4 is 0 Å². The lowest BCUT2D eigenvalue weighted by molar-refractivity contribution is -0.193. The second-order valence-corrected chi connectivity index (χ2v) is 9.44. The second kappa shape index (κ2) is 7.73. The summed E-state index contributed by atoms with van der Waals surface area (Å²) in [5.74, 6) is -1.16. The van der Waals surface area contributed by atoms with Crippen LogP contribution in [0.1, 0.15) is 56.7 Å². The number of fused-ring (bicyclic) bond motifs is 1. The normalized spacial score (nSPS) is 24.5. The van der Waals surface area contributed by atoms with Crippen molar-refractivity contribution in [3.05, 3.63) is 53.6 Å².